The third kappa shape index (κ3) is 4.91. The molecule has 1 atom stereocenters. The Morgan fingerprint density at radius 1 is 1.46 bits per heavy atom. The van der Waals surface area contributed by atoms with Crippen LogP contribution in [0.5, 0.6) is 0 Å². The number of aliphatic imine (C=N–C) groups is 1. The molecular weight excluding hydrogens is 351 g/mol. The highest BCUT2D eigenvalue weighted by atomic mass is 32.1. The Bertz CT molecular complexity index is 747. The first-order valence-electron chi connectivity index (χ1n) is 8.97. The maximum atomic E-state index is 13.9. The third-order valence-electron chi connectivity index (χ3n) is 4.18. The van der Waals surface area contributed by atoms with Gasteiger partial charge in [0.1, 0.15) is 0 Å². The summed E-state index contributed by atoms with van der Waals surface area (Å²) in [6, 6.07) is 3.29. The number of pyridine rings is 1. The molecular formula is C18H25FN6S. The topological polar surface area (TPSA) is 65.4 Å². The highest BCUT2D eigenvalue weighted by Gasteiger charge is 2.25. The fraction of sp³-hybridized carbons (Fsp3) is 0.500. The minimum Gasteiger partial charge on any atom is -0.357 e. The third-order valence-corrected chi connectivity index (χ3v) is 5.15. The molecule has 0 amide bonds. The van der Waals surface area contributed by atoms with Crippen LogP contribution in [0.2, 0.25) is 0 Å². The molecule has 0 bridgehead atoms. The average molecular weight is 377 g/mol. The standard InChI is InChI=1S/C18H25FN6S/c1-3-20-18(22-9-6-16-23-11-13(2)26-16)24-14-7-10-25(12-14)17-15(19)5-4-8-21-17/h4-5,8,11,14H,3,6-7,9-10,12H2,1-2H3,(H2,20,22,24). The first-order chi connectivity index (χ1) is 12.7. The zero-order chi connectivity index (χ0) is 18.4. The van der Waals surface area contributed by atoms with Gasteiger partial charge in [-0.3, -0.25) is 4.99 Å². The average Bonchev–Trinajstić information content (AvgIpc) is 3.25. The van der Waals surface area contributed by atoms with Crippen LogP contribution in [0.3, 0.4) is 0 Å². The number of anilines is 1. The van der Waals surface area contributed by atoms with E-state index in [9.17, 15) is 4.39 Å². The Labute approximate surface area is 157 Å². The SMILES string of the molecule is CCNC(=NCCc1ncc(C)s1)NC1CCN(c2ncccc2F)C1. The first-order valence-corrected chi connectivity index (χ1v) is 9.79. The molecule has 1 aliphatic rings. The van der Waals surface area contributed by atoms with Crippen molar-refractivity contribution < 1.29 is 4.39 Å². The van der Waals surface area contributed by atoms with Gasteiger partial charge >= 0.3 is 0 Å². The fourth-order valence-corrected chi connectivity index (χ4v) is 3.75. The van der Waals surface area contributed by atoms with Gasteiger partial charge in [-0.1, -0.05) is 0 Å². The normalized spacial score (nSPS) is 17.6. The molecule has 26 heavy (non-hydrogen) atoms. The van der Waals surface area contributed by atoms with Crippen molar-refractivity contribution in [3.8, 4) is 0 Å². The van der Waals surface area contributed by atoms with E-state index in [4.69, 9.17) is 0 Å². The summed E-state index contributed by atoms with van der Waals surface area (Å²) in [5.41, 5.74) is 0. The molecule has 6 nitrogen and oxygen atoms in total. The van der Waals surface area contributed by atoms with Crippen molar-refractivity contribution >= 4 is 23.1 Å². The summed E-state index contributed by atoms with van der Waals surface area (Å²) < 4.78 is 13.9. The van der Waals surface area contributed by atoms with Crippen LogP contribution < -0.4 is 15.5 Å². The zero-order valence-electron chi connectivity index (χ0n) is 15.2. The molecule has 0 saturated carbocycles. The summed E-state index contributed by atoms with van der Waals surface area (Å²) in [5.74, 6) is 0.958. The summed E-state index contributed by atoms with van der Waals surface area (Å²) >= 11 is 1.71. The van der Waals surface area contributed by atoms with Crippen molar-refractivity contribution in [1.82, 2.24) is 20.6 Å². The van der Waals surface area contributed by atoms with Crippen molar-refractivity contribution in [3.63, 3.8) is 0 Å². The summed E-state index contributed by atoms with van der Waals surface area (Å²) in [4.78, 5) is 16.4. The molecule has 1 saturated heterocycles. The zero-order valence-corrected chi connectivity index (χ0v) is 16.0. The predicted octanol–water partition coefficient (Wildman–Crippen LogP) is 2.36. The van der Waals surface area contributed by atoms with Crippen molar-refractivity contribution in [2.75, 3.05) is 31.1 Å². The quantitative estimate of drug-likeness (QED) is 0.599. The number of thiazole rings is 1. The monoisotopic (exact) mass is 376 g/mol. The van der Waals surface area contributed by atoms with Gasteiger partial charge in [-0.25, -0.2) is 14.4 Å². The van der Waals surface area contributed by atoms with Crippen LogP contribution in [0, 0.1) is 12.7 Å². The summed E-state index contributed by atoms with van der Waals surface area (Å²) in [6.07, 6.45) is 5.29. The van der Waals surface area contributed by atoms with Gasteiger partial charge < -0.3 is 15.5 Å². The Hall–Kier alpha value is -2.22. The van der Waals surface area contributed by atoms with E-state index < -0.39 is 0 Å². The number of hydrogen-bond acceptors (Lipinski definition) is 5. The molecule has 2 N–H and O–H groups in total. The van der Waals surface area contributed by atoms with E-state index in [0.29, 0.717) is 18.9 Å². The maximum Gasteiger partial charge on any atom is 0.191 e. The fourth-order valence-electron chi connectivity index (χ4n) is 2.97. The molecule has 0 aliphatic carbocycles. The van der Waals surface area contributed by atoms with E-state index in [-0.39, 0.29) is 11.9 Å². The molecule has 2 aromatic rings. The van der Waals surface area contributed by atoms with E-state index in [0.717, 1.165) is 36.9 Å². The summed E-state index contributed by atoms with van der Waals surface area (Å²) in [6.45, 7) is 7.09. The van der Waals surface area contributed by atoms with Crippen LogP contribution in [0.25, 0.3) is 0 Å². The van der Waals surface area contributed by atoms with Crippen molar-refractivity contribution in [2.24, 2.45) is 4.99 Å². The molecule has 8 heteroatoms. The number of aromatic nitrogens is 2. The van der Waals surface area contributed by atoms with E-state index in [1.807, 2.05) is 18.0 Å². The van der Waals surface area contributed by atoms with Gasteiger partial charge in [-0.15, -0.1) is 11.3 Å². The van der Waals surface area contributed by atoms with Crippen LogP contribution in [-0.4, -0.2) is 48.1 Å². The number of rotatable bonds is 6. The van der Waals surface area contributed by atoms with Gasteiger partial charge in [0.15, 0.2) is 17.6 Å². The lowest BCUT2D eigenvalue weighted by atomic mass is 10.3. The molecule has 0 spiro atoms. The highest BCUT2D eigenvalue weighted by Crippen LogP contribution is 2.20. The lowest BCUT2D eigenvalue weighted by Gasteiger charge is -2.19. The number of nitrogens with zero attached hydrogens (tertiary/aromatic N) is 4. The Kier molecular flexibility index (Phi) is 6.38. The largest absolute Gasteiger partial charge is 0.357 e. The number of aryl methyl sites for hydroxylation is 1. The maximum absolute atomic E-state index is 13.9. The molecule has 1 unspecified atom stereocenters. The number of guanidine groups is 1. The second kappa shape index (κ2) is 8.93. The van der Waals surface area contributed by atoms with Gasteiger partial charge in [0, 0.05) is 55.9 Å². The van der Waals surface area contributed by atoms with Crippen LogP contribution >= 0.6 is 11.3 Å². The molecule has 2 aromatic heterocycles. The van der Waals surface area contributed by atoms with Gasteiger partial charge in [-0.05, 0) is 32.4 Å². The van der Waals surface area contributed by atoms with E-state index in [1.54, 1.807) is 23.6 Å². The molecule has 1 fully saturated rings. The lowest BCUT2D eigenvalue weighted by molar-refractivity contribution is 0.612. The Balaban J connectivity index is 1.54. The van der Waals surface area contributed by atoms with E-state index in [2.05, 4.69) is 32.5 Å². The number of hydrogen-bond donors (Lipinski definition) is 2. The van der Waals surface area contributed by atoms with E-state index >= 15 is 0 Å². The molecule has 140 valence electrons. The van der Waals surface area contributed by atoms with Gasteiger partial charge in [0.2, 0.25) is 0 Å². The molecule has 3 heterocycles. The second-order valence-electron chi connectivity index (χ2n) is 6.26. The summed E-state index contributed by atoms with van der Waals surface area (Å²) in [5, 5.41) is 7.85. The van der Waals surface area contributed by atoms with Gasteiger partial charge in [0.25, 0.3) is 0 Å². The molecule has 0 radical (unpaired) electrons. The Morgan fingerprint density at radius 3 is 3.08 bits per heavy atom. The van der Waals surface area contributed by atoms with Crippen LogP contribution in [0.15, 0.2) is 29.5 Å². The van der Waals surface area contributed by atoms with Crippen LogP contribution in [0.1, 0.15) is 23.2 Å². The second-order valence-corrected chi connectivity index (χ2v) is 7.58. The molecule has 1 aliphatic heterocycles. The lowest BCUT2D eigenvalue weighted by Crippen LogP contribution is -2.44. The van der Waals surface area contributed by atoms with Crippen LogP contribution in [-0.2, 0) is 6.42 Å². The predicted molar refractivity (Wildman–Crippen MR) is 104 cm³/mol. The van der Waals surface area contributed by atoms with Crippen molar-refractivity contribution in [1.29, 1.82) is 0 Å². The van der Waals surface area contributed by atoms with Crippen molar-refractivity contribution in [2.45, 2.75) is 32.7 Å². The van der Waals surface area contributed by atoms with Crippen molar-refractivity contribution in [3.05, 3.63) is 40.2 Å². The van der Waals surface area contributed by atoms with Gasteiger partial charge in [-0.2, -0.15) is 0 Å². The smallest absolute Gasteiger partial charge is 0.191 e. The minimum atomic E-state index is -0.271. The van der Waals surface area contributed by atoms with E-state index in [1.165, 1.54) is 10.9 Å². The van der Waals surface area contributed by atoms with Gasteiger partial charge in [0.05, 0.1) is 5.01 Å². The molecule has 3 rings (SSSR count). The minimum absolute atomic E-state index is 0.219. The first kappa shape index (κ1) is 18.6. The highest BCUT2D eigenvalue weighted by molar-refractivity contribution is 7.11. The van der Waals surface area contributed by atoms with Crippen LogP contribution in [0.4, 0.5) is 10.2 Å². The summed E-state index contributed by atoms with van der Waals surface area (Å²) in [7, 11) is 0. The molecule has 0 aromatic carbocycles. The number of nitrogens with one attached hydrogen (secondary N) is 2. The number of halogens is 1. The Morgan fingerprint density at radius 2 is 2.35 bits per heavy atom.